The average Bonchev–Trinajstić information content (AvgIpc) is 3.37. The number of fused-ring (bicyclic) bond motifs is 3. The fourth-order valence-electron chi connectivity index (χ4n) is 6.24. The minimum absolute atomic E-state index is 0.0000888. The number of nitrogens with one attached hydrogen (secondary N) is 1. The number of aliphatic carboxylic acids is 1. The minimum atomic E-state index is -4.55. The molecular formula is C36H36F3N3O6. The number of alkyl halides is 3. The van der Waals surface area contributed by atoms with E-state index in [2.05, 4.69) is 5.32 Å². The Morgan fingerprint density at radius 2 is 1.60 bits per heavy atom. The summed E-state index contributed by atoms with van der Waals surface area (Å²) in [6.07, 6.45) is -0.343. The van der Waals surface area contributed by atoms with Crippen LogP contribution in [0.3, 0.4) is 0 Å². The summed E-state index contributed by atoms with van der Waals surface area (Å²) in [6, 6.07) is 18.0. The number of hydrogen-bond donors (Lipinski definition) is 2. The SMILES string of the molecule is CN(CC(=O)O)C(=O)[C@H](Cc1ccc(C(F)(F)F)cc1)N1C/C=C\CC[C@H](NCC(=O)OCC2c3ccccc3-c3ccccc32)C1=O. The molecule has 2 amide bonds. The van der Waals surface area contributed by atoms with Gasteiger partial charge in [0.15, 0.2) is 0 Å². The number of carboxylic acids is 1. The van der Waals surface area contributed by atoms with Gasteiger partial charge in [-0.25, -0.2) is 0 Å². The van der Waals surface area contributed by atoms with Crippen LogP contribution >= 0.6 is 0 Å². The Morgan fingerprint density at radius 1 is 0.979 bits per heavy atom. The van der Waals surface area contributed by atoms with Crippen LogP contribution in [0.4, 0.5) is 13.2 Å². The summed E-state index contributed by atoms with van der Waals surface area (Å²) in [5, 5.41) is 12.3. The van der Waals surface area contributed by atoms with Gasteiger partial charge >= 0.3 is 18.1 Å². The summed E-state index contributed by atoms with van der Waals surface area (Å²) >= 11 is 0. The van der Waals surface area contributed by atoms with E-state index in [0.29, 0.717) is 18.4 Å². The number of ether oxygens (including phenoxy) is 1. The van der Waals surface area contributed by atoms with E-state index in [9.17, 15) is 37.5 Å². The highest BCUT2D eigenvalue weighted by Crippen LogP contribution is 2.44. The molecule has 0 saturated heterocycles. The van der Waals surface area contributed by atoms with Crippen molar-refractivity contribution in [2.45, 2.75) is 43.4 Å². The number of hydrogen-bond acceptors (Lipinski definition) is 6. The van der Waals surface area contributed by atoms with Crippen LogP contribution in [-0.4, -0.2) is 84.0 Å². The van der Waals surface area contributed by atoms with Gasteiger partial charge in [0.25, 0.3) is 0 Å². The number of likely N-dealkylation sites (N-methyl/N-ethyl adjacent to an activating group) is 1. The highest BCUT2D eigenvalue weighted by atomic mass is 19.4. The van der Waals surface area contributed by atoms with E-state index in [1.54, 1.807) is 6.08 Å². The molecule has 0 fully saturated rings. The number of carbonyl (C=O) groups is 4. The molecule has 1 aliphatic heterocycles. The maximum atomic E-state index is 14.0. The van der Waals surface area contributed by atoms with E-state index in [-0.39, 0.29) is 32.0 Å². The van der Waals surface area contributed by atoms with Crippen molar-refractivity contribution in [1.82, 2.24) is 15.1 Å². The van der Waals surface area contributed by atoms with Gasteiger partial charge in [-0.3, -0.25) is 24.5 Å². The molecule has 3 aromatic rings. The molecule has 0 unspecified atom stereocenters. The number of carbonyl (C=O) groups excluding carboxylic acids is 3. The smallest absolute Gasteiger partial charge is 0.416 e. The van der Waals surface area contributed by atoms with Gasteiger partial charge in [-0.2, -0.15) is 13.2 Å². The first-order valence-electron chi connectivity index (χ1n) is 15.6. The highest BCUT2D eigenvalue weighted by Gasteiger charge is 2.37. The van der Waals surface area contributed by atoms with Crippen molar-refractivity contribution in [3.63, 3.8) is 0 Å². The van der Waals surface area contributed by atoms with E-state index in [0.717, 1.165) is 39.3 Å². The Morgan fingerprint density at radius 3 is 2.21 bits per heavy atom. The third-order valence-electron chi connectivity index (χ3n) is 8.66. The first-order valence-corrected chi connectivity index (χ1v) is 15.6. The second kappa shape index (κ2) is 14.8. The van der Waals surface area contributed by atoms with Gasteiger partial charge in [0, 0.05) is 25.9 Å². The van der Waals surface area contributed by atoms with Gasteiger partial charge in [-0.05, 0) is 52.8 Å². The van der Waals surface area contributed by atoms with Crippen molar-refractivity contribution < 1.29 is 42.2 Å². The van der Waals surface area contributed by atoms with Crippen LogP contribution in [0.15, 0.2) is 84.9 Å². The lowest BCUT2D eigenvalue weighted by Gasteiger charge is -2.36. The Bertz CT molecular complexity index is 1650. The summed E-state index contributed by atoms with van der Waals surface area (Å²) in [5.41, 5.74) is 3.80. The molecule has 2 atom stereocenters. The minimum Gasteiger partial charge on any atom is -0.480 e. The number of rotatable bonds is 11. The van der Waals surface area contributed by atoms with Gasteiger partial charge in [0.2, 0.25) is 11.8 Å². The fourth-order valence-corrected chi connectivity index (χ4v) is 6.24. The van der Waals surface area contributed by atoms with Crippen LogP contribution in [0, 0.1) is 0 Å². The van der Waals surface area contributed by atoms with Crippen molar-refractivity contribution in [2.24, 2.45) is 0 Å². The van der Waals surface area contributed by atoms with Gasteiger partial charge in [0.1, 0.15) is 19.2 Å². The van der Waals surface area contributed by atoms with Crippen molar-refractivity contribution in [3.8, 4) is 11.1 Å². The van der Waals surface area contributed by atoms with Gasteiger partial charge in [-0.1, -0.05) is 72.8 Å². The van der Waals surface area contributed by atoms with E-state index in [1.165, 1.54) is 24.1 Å². The summed E-state index contributed by atoms with van der Waals surface area (Å²) in [4.78, 5) is 54.1. The lowest BCUT2D eigenvalue weighted by atomic mass is 9.98. The predicted octanol–water partition coefficient (Wildman–Crippen LogP) is 4.65. The first-order chi connectivity index (χ1) is 22.9. The van der Waals surface area contributed by atoms with Crippen molar-refractivity contribution in [2.75, 3.05) is 33.3 Å². The Kier molecular flexibility index (Phi) is 10.6. The van der Waals surface area contributed by atoms with Crippen molar-refractivity contribution >= 4 is 23.8 Å². The topological polar surface area (TPSA) is 116 Å². The van der Waals surface area contributed by atoms with Crippen LogP contribution in [0.1, 0.15) is 41.0 Å². The summed E-state index contributed by atoms with van der Waals surface area (Å²) in [5.74, 6) is -3.15. The monoisotopic (exact) mass is 663 g/mol. The second-order valence-corrected chi connectivity index (χ2v) is 11.9. The second-order valence-electron chi connectivity index (χ2n) is 11.9. The first kappa shape index (κ1) is 34.4. The zero-order valence-electron chi connectivity index (χ0n) is 26.3. The van der Waals surface area contributed by atoms with Crippen molar-refractivity contribution in [3.05, 3.63) is 107 Å². The molecule has 0 bridgehead atoms. The summed E-state index contributed by atoms with van der Waals surface area (Å²) in [6.45, 7) is -0.800. The number of carboxylic acid groups (broad SMARTS) is 1. The Labute approximate surface area is 276 Å². The third kappa shape index (κ3) is 7.93. The molecule has 0 aromatic heterocycles. The van der Waals surface area contributed by atoms with Crippen LogP contribution < -0.4 is 5.32 Å². The largest absolute Gasteiger partial charge is 0.480 e. The number of esters is 1. The molecule has 0 radical (unpaired) electrons. The lowest BCUT2D eigenvalue weighted by molar-refractivity contribution is -0.149. The predicted molar refractivity (Wildman–Crippen MR) is 171 cm³/mol. The third-order valence-corrected chi connectivity index (χ3v) is 8.66. The molecule has 3 aromatic carbocycles. The molecule has 2 aliphatic rings. The Balaban J connectivity index is 1.29. The van der Waals surface area contributed by atoms with Gasteiger partial charge in [0.05, 0.1) is 18.2 Å². The lowest BCUT2D eigenvalue weighted by Crippen LogP contribution is -2.57. The molecule has 48 heavy (non-hydrogen) atoms. The fraction of sp³-hybridized carbons (Fsp3) is 0.333. The molecule has 9 nitrogen and oxygen atoms in total. The molecule has 0 saturated carbocycles. The number of nitrogens with zero attached hydrogens (tertiary/aromatic N) is 2. The van der Waals surface area contributed by atoms with Crippen molar-refractivity contribution in [1.29, 1.82) is 0 Å². The number of amides is 2. The quantitative estimate of drug-likeness (QED) is 0.227. The Hall–Kier alpha value is -4.97. The average molecular weight is 664 g/mol. The standard InChI is InChI=1S/C36H36F3N3O6/c1-41(21-32(43)44)35(47)31(19-23-14-16-24(17-15-23)36(37,38)39)42-18-8-2-3-13-30(34(42)46)40-20-33(45)48-22-29-27-11-6-4-9-25(27)26-10-5-7-12-28(26)29/h2,4-12,14-17,29-31,40H,3,13,18-22H2,1H3,(H,43,44)/b8-2-/t30-,31-/m0/s1. The van der Waals surface area contributed by atoms with E-state index in [1.807, 2.05) is 54.6 Å². The number of allylic oxidation sites excluding steroid dienone is 1. The van der Waals surface area contributed by atoms with Gasteiger partial charge < -0.3 is 19.6 Å². The molecule has 1 aliphatic carbocycles. The highest BCUT2D eigenvalue weighted by molar-refractivity contribution is 5.92. The molecule has 1 heterocycles. The molecule has 0 spiro atoms. The van der Waals surface area contributed by atoms with Crippen LogP contribution in [0.25, 0.3) is 11.1 Å². The number of benzene rings is 3. The van der Waals surface area contributed by atoms with Gasteiger partial charge in [-0.15, -0.1) is 0 Å². The van der Waals surface area contributed by atoms with Crippen LogP contribution in [-0.2, 0) is 36.5 Å². The number of halogens is 3. The summed E-state index contributed by atoms with van der Waals surface area (Å²) < 4.78 is 45.2. The molecular weight excluding hydrogens is 627 g/mol. The van der Waals surface area contributed by atoms with E-state index >= 15 is 0 Å². The summed E-state index contributed by atoms with van der Waals surface area (Å²) in [7, 11) is 1.29. The van der Waals surface area contributed by atoms with Crippen LogP contribution in [0.5, 0.6) is 0 Å². The van der Waals surface area contributed by atoms with E-state index < -0.39 is 54.1 Å². The molecule has 12 heteroatoms. The maximum Gasteiger partial charge on any atom is 0.416 e. The zero-order valence-corrected chi connectivity index (χ0v) is 26.3. The zero-order chi connectivity index (χ0) is 34.4. The normalized spacial score (nSPS) is 17.5. The molecule has 5 rings (SSSR count). The van der Waals surface area contributed by atoms with E-state index in [4.69, 9.17) is 4.74 Å². The molecule has 2 N–H and O–H groups in total. The maximum absolute atomic E-state index is 14.0. The molecule has 252 valence electrons. The van der Waals surface area contributed by atoms with Crippen LogP contribution in [0.2, 0.25) is 0 Å².